The maximum atomic E-state index is 11.5. The van der Waals surface area contributed by atoms with E-state index in [4.69, 9.17) is 9.47 Å². The van der Waals surface area contributed by atoms with Crippen LogP contribution in [0.1, 0.15) is 22.8 Å². The third-order valence-corrected chi connectivity index (χ3v) is 2.70. The van der Waals surface area contributed by atoms with Gasteiger partial charge in [-0.05, 0) is 25.1 Å². The second-order valence-electron chi connectivity index (χ2n) is 3.34. The molecule has 0 radical (unpaired) electrons. The van der Waals surface area contributed by atoms with Crippen LogP contribution in [-0.4, -0.2) is 18.5 Å². The van der Waals surface area contributed by atoms with Crippen LogP contribution in [0.15, 0.2) is 28.7 Å². The molecule has 0 saturated carbocycles. The summed E-state index contributed by atoms with van der Waals surface area (Å²) in [5.74, 6) is -0.754. The average Bonchev–Trinajstić information content (AvgIpc) is 2.55. The van der Waals surface area contributed by atoms with Gasteiger partial charge < -0.3 is 9.47 Å². The highest BCUT2D eigenvalue weighted by Gasteiger charge is 2.27. The number of cyclic esters (lactones) is 1. The van der Waals surface area contributed by atoms with Crippen molar-refractivity contribution < 1.29 is 19.1 Å². The van der Waals surface area contributed by atoms with Crippen molar-refractivity contribution in [2.75, 3.05) is 6.61 Å². The van der Waals surface area contributed by atoms with E-state index in [0.717, 1.165) is 4.47 Å². The van der Waals surface area contributed by atoms with Crippen LogP contribution in [0.25, 0.3) is 5.76 Å². The molecule has 0 bridgehead atoms. The zero-order chi connectivity index (χ0) is 12.4. The molecule has 0 saturated heterocycles. The lowest BCUT2D eigenvalue weighted by Gasteiger charge is -1.99. The van der Waals surface area contributed by atoms with Crippen LogP contribution < -0.4 is 0 Å². The van der Waals surface area contributed by atoms with Crippen molar-refractivity contribution in [2.24, 2.45) is 0 Å². The van der Waals surface area contributed by atoms with Crippen LogP contribution in [0.3, 0.4) is 0 Å². The van der Waals surface area contributed by atoms with Gasteiger partial charge in [-0.25, -0.2) is 9.59 Å². The SMILES string of the molecule is CCOC(=O)C=C1OC(=O)c2ccc(Br)cc21. The number of ether oxygens (including phenoxy) is 2. The van der Waals surface area contributed by atoms with E-state index in [2.05, 4.69) is 15.9 Å². The van der Waals surface area contributed by atoms with Crippen LogP contribution >= 0.6 is 15.9 Å². The minimum Gasteiger partial charge on any atom is -0.463 e. The first-order chi connectivity index (χ1) is 8.11. The summed E-state index contributed by atoms with van der Waals surface area (Å²) in [5, 5.41) is 0. The molecule has 0 fully saturated rings. The summed E-state index contributed by atoms with van der Waals surface area (Å²) in [4.78, 5) is 22.8. The van der Waals surface area contributed by atoms with Crippen molar-refractivity contribution in [2.45, 2.75) is 6.92 Å². The van der Waals surface area contributed by atoms with Gasteiger partial charge in [0.2, 0.25) is 0 Å². The van der Waals surface area contributed by atoms with Gasteiger partial charge in [-0.1, -0.05) is 15.9 Å². The molecule has 0 amide bonds. The van der Waals surface area contributed by atoms with Crippen LogP contribution in [0.2, 0.25) is 0 Å². The van der Waals surface area contributed by atoms with Crippen molar-refractivity contribution in [1.29, 1.82) is 0 Å². The van der Waals surface area contributed by atoms with E-state index in [0.29, 0.717) is 11.1 Å². The number of benzene rings is 1. The summed E-state index contributed by atoms with van der Waals surface area (Å²) in [6.45, 7) is 1.99. The zero-order valence-electron chi connectivity index (χ0n) is 9.03. The molecule has 88 valence electrons. The number of carbonyl (C=O) groups excluding carboxylic acids is 2. The Labute approximate surface area is 106 Å². The van der Waals surface area contributed by atoms with Crippen molar-refractivity contribution in [3.8, 4) is 0 Å². The van der Waals surface area contributed by atoms with E-state index < -0.39 is 11.9 Å². The lowest BCUT2D eigenvalue weighted by atomic mass is 10.1. The van der Waals surface area contributed by atoms with E-state index in [1.165, 1.54) is 6.08 Å². The maximum absolute atomic E-state index is 11.5. The van der Waals surface area contributed by atoms with E-state index in [9.17, 15) is 9.59 Å². The van der Waals surface area contributed by atoms with Crippen LogP contribution in [0.5, 0.6) is 0 Å². The fourth-order valence-electron chi connectivity index (χ4n) is 1.51. The lowest BCUT2D eigenvalue weighted by Crippen LogP contribution is -2.01. The first kappa shape index (κ1) is 11.9. The Balaban J connectivity index is 2.39. The summed E-state index contributed by atoms with van der Waals surface area (Å²) in [6.07, 6.45) is 1.18. The molecular formula is C12H9BrO4. The molecule has 1 aliphatic heterocycles. The van der Waals surface area contributed by atoms with Crippen molar-refractivity contribution in [3.63, 3.8) is 0 Å². The number of carbonyl (C=O) groups is 2. The Kier molecular flexibility index (Phi) is 3.28. The first-order valence-corrected chi connectivity index (χ1v) is 5.81. The summed E-state index contributed by atoms with van der Waals surface area (Å²) in [5.41, 5.74) is 1.04. The van der Waals surface area contributed by atoms with E-state index in [1.807, 2.05) is 0 Å². The summed E-state index contributed by atoms with van der Waals surface area (Å²) < 4.78 is 10.6. The van der Waals surface area contributed by atoms with Crippen molar-refractivity contribution in [1.82, 2.24) is 0 Å². The number of halogens is 1. The molecule has 0 N–H and O–H groups in total. The quantitative estimate of drug-likeness (QED) is 0.622. The van der Waals surface area contributed by atoms with E-state index >= 15 is 0 Å². The largest absolute Gasteiger partial charge is 0.463 e. The predicted octanol–water partition coefficient (Wildman–Crippen LogP) is 2.52. The Hall–Kier alpha value is -1.62. The van der Waals surface area contributed by atoms with Gasteiger partial charge in [0.25, 0.3) is 0 Å². The number of fused-ring (bicyclic) bond motifs is 1. The summed E-state index contributed by atoms with van der Waals surface area (Å²) in [7, 11) is 0. The molecule has 1 heterocycles. The van der Waals surface area contributed by atoms with Crippen LogP contribution in [0.4, 0.5) is 0 Å². The van der Waals surface area contributed by atoms with Crippen molar-refractivity contribution >= 4 is 33.6 Å². The predicted molar refractivity (Wildman–Crippen MR) is 64.2 cm³/mol. The molecule has 1 aliphatic rings. The highest BCUT2D eigenvalue weighted by Crippen LogP contribution is 2.31. The monoisotopic (exact) mass is 296 g/mol. The van der Waals surface area contributed by atoms with E-state index in [-0.39, 0.29) is 12.4 Å². The Morgan fingerprint density at radius 2 is 2.24 bits per heavy atom. The highest BCUT2D eigenvalue weighted by atomic mass is 79.9. The third kappa shape index (κ3) is 2.39. The van der Waals surface area contributed by atoms with Crippen LogP contribution in [-0.2, 0) is 14.3 Å². The molecule has 0 aliphatic carbocycles. The molecule has 0 spiro atoms. The summed E-state index contributed by atoms with van der Waals surface area (Å²) >= 11 is 3.30. The standard InChI is InChI=1S/C12H9BrO4/c1-2-16-11(14)6-10-9-5-7(13)3-4-8(9)12(15)17-10/h3-6H,2H2,1H3. The molecule has 5 heteroatoms. The highest BCUT2D eigenvalue weighted by molar-refractivity contribution is 9.10. The maximum Gasteiger partial charge on any atom is 0.344 e. The van der Waals surface area contributed by atoms with Gasteiger partial charge in [0.15, 0.2) is 0 Å². The molecule has 0 atom stereocenters. The molecular weight excluding hydrogens is 288 g/mol. The third-order valence-electron chi connectivity index (χ3n) is 2.21. The Bertz CT molecular complexity index is 519. The fraction of sp³-hybridized carbons (Fsp3) is 0.167. The minimum atomic E-state index is -0.525. The van der Waals surface area contributed by atoms with E-state index in [1.54, 1.807) is 25.1 Å². The number of hydrogen-bond donors (Lipinski definition) is 0. The Morgan fingerprint density at radius 1 is 1.47 bits per heavy atom. The number of hydrogen-bond acceptors (Lipinski definition) is 4. The molecule has 0 aromatic heterocycles. The molecule has 1 aromatic carbocycles. The smallest absolute Gasteiger partial charge is 0.344 e. The number of rotatable bonds is 2. The van der Waals surface area contributed by atoms with Crippen molar-refractivity contribution in [3.05, 3.63) is 39.9 Å². The van der Waals surface area contributed by atoms with Gasteiger partial charge in [-0.15, -0.1) is 0 Å². The first-order valence-electron chi connectivity index (χ1n) is 5.02. The van der Waals surface area contributed by atoms with Gasteiger partial charge >= 0.3 is 11.9 Å². The van der Waals surface area contributed by atoms with Gasteiger partial charge in [-0.3, -0.25) is 0 Å². The molecule has 1 aromatic rings. The fourth-order valence-corrected chi connectivity index (χ4v) is 1.87. The van der Waals surface area contributed by atoms with Crippen LogP contribution in [0, 0.1) is 0 Å². The lowest BCUT2D eigenvalue weighted by molar-refractivity contribution is -0.137. The molecule has 4 nitrogen and oxygen atoms in total. The second kappa shape index (κ2) is 4.71. The normalized spacial score (nSPS) is 15.6. The van der Waals surface area contributed by atoms with Gasteiger partial charge in [-0.2, -0.15) is 0 Å². The zero-order valence-corrected chi connectivity index (χ0v) is 10.6. The summed E-state index contributed by atoms with van der Waals surface area (Å²) in [6, 6.07) is 5.12. The average molecular weight is 297 g/mol. The number of esters is 2. The topological polar surface area (TPSA) is 52.6 Å². The molecule has 17 heavy (non-hydrogen) atoms. The second-order valence-corrected chi connectivity index (χ2v) is 4.26. The van der Waals surface area contributed by atoms with Gasteiger partial charge in [0.05, 0.1) is 18.2 Å². The molecule has 2 rings (SSSR count). The van der Waals surface area contributed by atoms with Gasteiger partial charge in [0.1, 0.15) is 5.76 Å². The molecule has 0 unspecified atom stereocenters. The van der Waals surface area contributed by atoms with Gasteiger partial charge in [0, 0.05) is 10.0 Å². The minimum absolute atomic E-state index is 0.227. The Morgan fingerprint density at radius 3 is 2.94 bits per heavy atom.